The Morgan fingerprint density at radius 2 is 1.62 bits per heavy atom. The van der Waals surface area contributed by atoms with Gasteiger partial charge in [-0.1, -0.05) is 30.3 Å². The summed E-state index contributed by atoms with van der Waals surface area (Å²) in [5, 5.41) is 49.0. The van der Waals surface area contributed by atoms with Gasteiger partial charge in [-0.05, 0) is 12.5 Å². The van der Waals surface area contributed by atoms with Gasteiger partial charge in [-0.25, -0.2) is 0 Å². The van der Waals surface area contributed by atoms with Crippen LogP contribution in [-0.2, 0) is 4.79 Å². The van der Waals surface area contributed by atoms with Gasteiger partial charge in [0.25, 0.3) is 0 Å². The molecule has 0 spiro atoms. The first-order chi connectivity index (χ1) is 11.4. The van der Waals surface area contributed by atoms with Crippen molar-refractivity contribution in [3.05, 3.63) is 47.2 Å². The van der Waals surface area contributed by atoms with E-state index in [-0.39, 0.29) is 5.57 Å². The van der Waals surface area contributed by atoms with Crippen molar-refractivity contribution in [3.63, 3.8) is 0 Å². The number of aliphatic hydroxyl groups is 1. The second kappa shape index (κ2) is 5.88. The Labute approximate surface area is 139 Å². The van der Waals surface area contributed by atoms with Crippen molar-refractivity contribution < 1.29 is 9.90 Å². The van der Waals surface area contributed by atoms with E-state index in [1.165, 1.54) is 6.92 Å². The molecule has 0 fully saturated rings. The zero-order valence-electron chi connectivity index (χ0n) is 12.8. The van der Waals surface area contributed by atoms with Crippen LogP contribution in [0.3, 0.4) is 0 Å². The summed E-state index contributed by atoms with van der Waals surface area (Å²) in [6, 6.07) is 15.3. The summed E-state index contributed by atoms with van der Waals surface area (Å²) in [6.45, 7) is 1.22. The van der Waals surface area contributed by atoms with E-state index in [1.54, 1.807) is 42.5 Å². The van der Waals surface area contributed by atoms with Gasteiger partial charge in [0.1, 0.15) is 5.76 Å². The van der Waals surface area contributed by atoms with Crippen LogP contribution in [0.4, 0.5) is 0 Å². The summed E-state index contributed by atoms with van der Waals surface area (Å²) in [6.07, 6.45) is -0.542. The summed E-state index contributed by atoms with van der Waals surface area (Å²) in [5.41, 5.74) is -3.90. The highest BCUT2D eigenvalue weighted by molar-refractivity contribution is 5.96. The Balaban J connectivity index is 2.97. The van der Waals surface area contributed by atoms with E-state index in [2.05, 4.69) is 0 Å². The van der Waals surface area contributed by atoms with Crippen molar-refractivity contribution in [1.29, 1.82) is 21.0 Å². The number of hydrogen-bond acceptors (Lipinski definition) is 6. The third kappa shape index (κ3) is 2.03. The van der Waals surface area contributed by atoms with Crippen molar-refractivity contribution in [3.8, 4) is 24.3 Å². The van der Waals surface area contributed by atoms with Crippen LogP contribution in [0, 0.1) is 56.2 Å². The van der Waals surface area contributed by atoms with E-state index in [0.29, 0.717) is 5.56 Å². The largest absolute Gasteiger partial charge is 0.512 e. The van der Waals surface area contributed by atoms with E-state index in [4.69, 9.17) is 0 Å². The van der Waals surface area contributed by atoms with E-state index in [9.17, 15) is 30.9 Å². The summed E-state index contributed by atoms with van der Waals surface area (Å²) in [7, 11) is 0. The number of nitriles is 4. The second-order valence-corrected chi connectivity index (χ2v) is 5.60. The molecule has 0 radical (unpaired) electrons. The van der Waals surface area contributed by atoms with Crippen LogP contribution in [-0.4, -0.2) is 10.9 Å². The van der Waals surface area contributed by atoms with Crippen LogP contribution < -0.4 is 0 Å². The maximum atomic E-state index is 12.1. The SMILES string of the molecule is CC(=O)C1=C(O)CC(C#N)(C#N)C(C#N)(C#N)[C@H]1c1ccccc1. The Hall–Kier alpha value is -3.61. The molecular weight excluding hydrogens is 304 g/mol. The molecule has 1 aromatic rings. The molecule has 1 aliphatic carbocycles. The maximum Gasteiger partial charge on any atom is 0.186 e. The molecule has 0 unspecified atom stereocenters. The predicted octanol–water partition coefficient (Wildman–Crippen LogP) is 2.64. The molecule has 1 aliphatic rings. The van der Waals surface area contributed by atoms with Crippen LogP contribution in [0.25, 0.3) is 0 Å². The van der Waals surface area contributed by atoms with Crippen molar-refractivity contribution in [2.45, 2.75) is 19.3 Å². The van der Waals surface area contributed by atoms with Gasteiger partial charge in [0.2, 0.25) is 0 Å². The number of ketones is 1. The van der Waals surface area contributed by atoms with Crippen LogP contribution >= 0.6 is 0 Å². The average molecular weight is 316 g/mol. The minimum Gasteiger partial charge on any atom is -0.512 e. The fourth-order valence-electron chi connectivity index (χ4n) is 3.21. The van der Waals surface area contributed by atoms with Gasteiger partial charge < -0.3 is 5.11 Å². The quantitative estimate of drug-likeness (QED) is 0.891. The molecule has 0 aromatic heterocycles. The van der Waals surface area contributed by atoms with Crippen LogP contribution in [0.1, 0.15) is 24.8 Å². The number of allylic oxidation sites excluding steroid dienone is 2. The number of rotatable bonds is 2. The average Bonchev–Trinajstić information content (AvgIpc) is 2.61. The Kier molecular flexibility index (Phi) is 4.11. The minimum atomic E-state index is -2.12. The van der Waals surface area contributed by atoms with Gasteiger partial charge in [-0.2, -0.15) is 21.0 Å². The molecular formula is C18H12N4O2. The number of nitrogens with zero attached hydrogens (tertiary/aromatic N) is 4. The molecule has 6 heteroatoms. The third-order valence-electron chi connectivity index (χ3n) is 4.39. The molecule has 1 aromatic carbocycles. The van der Waals surface area contributed by atoms with Gasteiger partial charge in [-0.3, -0.25) is 4.79 Å². The predicted molar refractivity (Wildman–Crippen MR) is 81.5 cm³/mol. The number of carbonyl (C=O) groups is 1. The van der Waals surface area contributed by atoms with E-state index >= 15 is 0 Å². The summed E-state index contributed by atoms with van der Waals surface area (Å²) >= 11 is 0. The normalized spacial score (nSPS) is 20.8. The number of Topliss-reactive ketones (excluding diaryl/α,β-unsaturated/α-hetero) is 1. The first kappa shape index (κ1) is 16.8. The van der Waals surface area contributed by atoms with Crippen molar-refractivity contribution >= 4 is 5.78 Å². The highest BCUT2D eigenvalue weighted by Gasteiger charge is 2.64. The lowest BCUT2D eigenvalue weighted by atomic mass is 9.51. The maximum absolute atomic E-state index is 12.1. The van der Waals surface area contributed by atoms with E-state index < -0.39 is 34.7 Å². The van der Waals surface area contributed by atoms with Crippen LogP contribution in [0.5, 0.6) is 0 Å². The fourth-order valence-corrected chi connectivity index (χ4v) is 3.21. The van der Waals surface area contributed by atoms with E-state index in [1.807, 2.05) is 12.1 Å². The molecule has 24 heavy (non-hydrogen) atoms. The monoisotopic (exact) mass is 316 g/mol. The molecule has 0 saturated heterocycles. The molecule has 0 bridgehead atoms. The molecule has 1 N–H and O–H groups in total. The van der Waals surface area contributed by atoms with Gasteiger partial charge >= 0.3 is 0 Å². The molecule has 0 amide bonds. The topological polar surface area (TPSA) is 132 Å². The molecule has 2 rings (SSSR count). The molecule has 0 saturated carbocycles. The minimum absolute atomic E-state index is 0.106. The molecule has 1 atom stereocenters. The number of carbonyl (C=O) groups excluding carboxylic acids is 1. The lowest BCUT2D eigenvalue weighted by molar-refractivity contribution is -0.114. The van der Waals surface area contributed by atoms with Crippen molar-refractivity contribution in [1.82, 2.24) is 0 Å². The zero-order valence-corrected chi connectivity index (χ0v) is 12.8. The first-order valence-electron chi connectivity index (χ1n) is 7.06. The highest BCUT2D eigenvalue weighted by atomic mass is 16.3. The van der Waals surface area contributed by atoms with Crippen molar-refractivity contribution in [2.24, 2.45) is 10.8 Å². The Morgan fingerprint density at radius 1 is 1.08 bits per heavy atom. The molecule has 6 nitrogen and oxygen atoms in total. The van der Waals surface area contributed by atoms with E-state index in [0.717, 1.165) is 0 Å². The number of hydrogen-bond donors (Lipinski definition) is 1. The van der Waals surface area contributed by atoms with Crippen molar-refractivity contribution in [2.75, 3.05) is 0 Å². The number of aliphatic hydroxyl groups excluding tert-OH is 1. The number of benzene rings is 1. The zero-order chi connectivity index (χ0) is 18.0. The van der Waals surface area contributed by atoms with Gasteiger partial charge in [0.15, 0.2) is 16.6 Å². The van der Waals surface area contributed by atoms with Gasteiger partial charge in [-0.15, -0.1) is 0 Å². The van der Waals surface area contributed by atoms with Gasteiger partial charge in [0.05, 0.1) is 30.2 Å². The summed E-state index contributed by atoms with van der Waals surface area (Å²) in [5.74, 6) is -2.14. The highest BCUT2D eigenvalue weighted by Crippen LogP contribution is 2.58. The molecule has 0 aliphatic heterocycles. The first-order valence-corrected chi connectivity index (χ1v) is 7.06. The Morgan fingerprint density at radius 3 is 2.04 bits per heavy atom. The molecule has 0 heterocycles. The third-order valence-corrected chi connectivity index (χ3v) is 4.39. The van der Waals surface area contributed by atoms with Gasteiger partial charge in [0, 0.05) is 12.0 Å². The van der Waals surface area contributed by atoms with Crippen LogP contribution in [0.15, 0.2) is 41.7 Å². The smallest absolute Gasteiger partial charge is 0.186 e. The lowest BCUT2D eigenvalue weighted by Gasteiger charge is -2.42. The van der Waals surface area contributed by atoms with Crippen LogP contribution in [0.2, 0.25) is 0 Å². The Bertz CT molecular complexity index is 860. The summed E-state index contributed by atoms with van der Waals surface area (Å²) in [4.78, 5) is 12.1. The fraction of sp³-hybridized carbons (Fsp3) is 0.278. The summed E-state index contributed by atoms with van der Waals surface area (Å²) < 4.78 is 0. The molecule has 116 valence electrons. The standard InChI is InChI=1S/C18H12N4O2/c1-12(23)15-14(24)7-17(8-19,9-20)18(10-21,11-22)16(15)13-5-3-2-4-6-13/h2-6,16,24H,7H2,1H3/t16-/m0/s1. The lowest BCUT2D eigenvalue weighted by Crippen LogP contribution is -2.48. The second-order valence-electron chi connectivity index (χ2n) is 5.60.